The van der Waals surface area contributed by atoms with Crippen LogP contribution in [-0.4, -0.2) is 26.0 Å². The highest BCUT2D eigenvalue weighted by Crippen LogP contribution is 2.32. The number of nitro groups is 1. The maximum atomic E-state index is 12.9. The lowest BCUT2D eigenvalue weighted by Gasteiger charge is -2.08. The molecule has 2 aromatic carbocycles. The second-order valence-electron chi connectivity index (χ2n) is 5.06. The maximum absolute atomic E-state index is 12.9. The van der Waals surface area contributed by atoms with Crippen LogP contribution in [0, 0.1) is 15.9 Å². The predicted octanol–water partition coefficient (Wildman–Crippen LogP) is 4.08. The average molecular weight is 377 g/mol. The smallest absolute Gasteiger partial charge is 0.269 e. The molecule has 0 radical (unpaired) electrons. The Morgan fingerprint density at radius 2 is 1.84 bits per heavy atom. The molecule has 0 spiro atoms. The molecule has 0 fully saturated rings. The van der Waals surface area contributed by atoms with Crippen molar-refractivity contribution >= 4 is 28.8 Å². The second-order valence-corrected chi connectivity index (χ2v) is 7.30. The molecule has 1 N–H and O–H groups in total. The lowest BCUT2D eigenvalue weighted by molar-refractivity contribution is -0.384. The van der Waals surface area contributed by atoms with E-state index in [-0.39, 0.29) is 11.5 Å². The molecule has 9 heteroatoms. The first-order valence-corrected chi connectivity index (χ1v) is 8.98. The lowest BCUT2D eigenvalue weighted by atomic mass is 10.1. The van der Waals surface area contributed by atoms with Crippen molar-refractivity contribution in [3.05, 3.63) is 70.0 Å². The summed E-state index contributed by atoms with van der Waals surface area (Å²) in [6, 6.07) is 11.8. The fourth-order valence-electron chi connectivity index (χ4n) is 2.04. The molecule has 128 valence electrons. The highest BCUT2D eigenvalue weighted by atomic mass is 32.2. The van der Waals surface area contributed by atoms with E-state index in [0.717, 1.165) is 5.56 Å². The standard InChI is InChI=1S/C16H12FN3O3S2/c17-12-5-1-10(2-6-12)14(21)9-24-16-19-18-15(25-16)11-3-7-13(8-4-11)20(22)23/h1-8,14,21H,9H2. The molecule has 6 nitrogen and oxygen atoms in total. The summed E-state index contributed by atoms with van der Waals surface area (Å²) in [5, 5.41) is 29.6. The van der Waals surface area contributed by atoms with Crippen LogP contribution in [0.3, 0.4) is 0 Å². The molecule has 1 atom stereocenters. The van der Waals surface area contributed by atoms with Gasteiger partial charge in [0.2, 0.25) is 0 Å². The van der Waals surface area contributed by atoms with Crippen LogP contribution in [0.25, 0.3) is 10.6 Å². The Morgan fingerprint density at radius 1 is 1.16 bits per heavy atom. The highest BCUT2D eigenvalue weighted by molar-refractivity contribution is 8.01. The van der Waals surface area contributed by atoms with Gasteiger partial charge in [0, 0.05) is 23.4 Å². The van der Waals surface area contributed by atoms with Crippen LogP contribution >= 0.6 is 23.1 Å². The predicted molar refractivity (Wildman–Crippen MR) is 94.1 cm³/mol. The van der Waals surface area contributed by atoms with Crippen molar-refractivity contribution < 1.29 is 14.4 Å². The summed E-state index contributed by atoms with van der Waals surface area (Å²) in [5.74, 6) is 0.0148. The summed E-state index contributed by atoms with van der Waals surface area (Å²) in [7, 11) is 0. The number of non-ortho nitro benzene ring substituents is 1. The van der Waals surface area contributed by atoms with E-state index in [9.17, 15) is 19.6 Å². The third kappa shape index (κ3) is 4.38. The largest absolute Gasteiger partial charge is 0.388 e. The molecule has 25 heavy (non-hydrogen) atoms. The van der Waals surface area contributed by atoms with Crippen molar-refractivity contribution in [2.75, 3.05) is 5.75 Å². The Hall–Kier alpha value is -2.36. The van der Waals surface area contributed by atoms with Crippen LogP contribution in [0.4, 0.5) is 10.1 Å². The molecular weight excluding hydrogens is 365 g/mol. The summed E-state index contributed by atoms with van der Waals surface area (Å²) in [4.78, 5) is 10.2. The third-order valence-corrected chi connectivity index (χ3v) is 5.53. The van der Waals surface area contributed by atoms with Gasteiger partial charge in [-0.3, -0.25) is 10.1 Å². The quantitative estimate of drug-likeness (QED) is 0.396. The number of benzene rings is 2. The van der Waals surface area contributed by atoms with E-state index >= 15 is 0 Å². The van der Waals surface area contributed by atoms with E-state index in [4.69, 9.17) is 0 Å². The van der Waals surface area contributed by atoms with Gasteiger partial charge in [0.1, 0.15) is 10.8 Å². The van der Waals surface area contributed by atoms with Crippen LogP contribution in [0.2, 0.25) is 0 Å². The molecule has 0 aliphatic rings. The van der Waals surface area contributed by atoms with Crippen LogP contribution in [-0.2, 0) is 0 Å². The Labute approximate surface area is 150 Å². The molecule has 0 aliphatic heterocycles. The van der Waals surface area contributed by atoms with E-state index in [1.54, 1.807) is 24.3 Å². The zero-order valence-corrected chi connectivity index (χ0v) is 14.3. The number of hydrogen-bond acceptors (Lipinski definition) is 7. The van der Waals surface area contributed by atoms with Gasteiger partial charge >= 0.3 is 0 Å². The Morgan fingerprint density at radius 3 is 2.48 bits per heavy atom. The van der Waals surface area contributed by atoms with Gasteiger partial charge in [-0.2, -0.15) is 0 Å². The molecule has 1 unspecified atom stereocenters. The monoisotopic (exact) mass is 377 g/mol. The minimum absolute atomic E-state index is 0.0188. The third-order valence-electron chi connectivity index (χ3n) is 3.35. The van der Waals surface area contributed by atoms with Gasteiger partial charge in [0.25, 0.3) is 5.69 Å². The zero-order valence-electron chi connectivity index (χ0n) is 12.7. The molecule has 0 saturated heterocycles. The van der Waals surface area contributed by atoms with Crippen molar-refractivity contribution in [2.24, 2.45) is 0 Å². The molecule has 3 rings (SSSR count). The zero-order chi connectivity index (χ0) is 17.8. The van der Waals surface area contributed by atoms with Crippen molar-refractivity contribution in [1.82, 2.24) is 10.2 Å². The number of thioether (sulfide) groups is 1. The van der Waals surface area contributed by atoms with E-state index in [2.05, 4.69) is 10.2 Å². The van der Waals surface area contributed by atoms with Gasteiger partial charge < -0.3 is 5.11 Å². The van der Waals surface area contributed by atoms with Gasteiger partial charge in [-0.05, 0) is 29.8 Å². The molecule has 1 heterocycles. The summed E-state index contributed by atoms with van der Waals surface area (Å²) < 4.78 is 13.6. The van der Waals surface area contributed by atoms with Gasteiger partial charge in [-0.15, -0.1) is 10.2 Å². The van der Waals surface area contributed by atoms with Crippen LogP contribution in [0.15, 0.2) is 52.9 Å². The number of rotatable bonds is 6. The van der Waals surface area contributed by atoms with Crippen molar-refractivity contribution in [2.45, 2.75) is 10.4 Å². The van der Waals surface area contributed by atoms with Crippen molar-refractivity contribution in [3.63, 3.8) is 0 Å². The van der Waals surface area contributed by atoms with Crippen LogP contribution in [0.1, 0.15) is 11.7 Å². The topological polar surface area (TPSA) is 89.2 Å². The average Bonchev–Trinajstić information content (AvgIpc) is 3.09. The molecule has 3 aromatic rings. The number of halogens is 1. The first kappa shape index (κ1) is 17.5. The van der Waals surface area contributed by atoms with Gasteiger partial charge in [-0.1, -0.05) is 35.2 Å². The SMILES string of the molecule is O=[N+]([O-])c1ccc(-c2nnc(SCC(O)c3ccc(F)cc3)s2)cc1. The van der Waals surface area contributed by atoms with Crippen LogP contribution in [0.5, 0.6) is 0 Å². The first-order valence-electron chi connectivity index (χ1n) is 7.17. The van der Waals surface area contributed by atoms with E-state index in [1.165, 1.54) is 47.4 Å². The molecule has 1 aromatic heterocycles. The summed E-state index contributed by atoms with van der Waals surface area (Å²) >= 11 is 2.68. The molecular formula is C16H12FN3O3S2. The van der Waals surface area contributed by atoms with Crippen molar-refractivity contribution in [3.8, 4) is 10.6 Å². The molecule has 0 saturated carbocycles. The van der Waals surface area contributed by atoms with Gasteiger partial charge in [-0.25, -0.2) is 4.39 Å². The Balaban J connectivity index is 1.63. The maximum Gasteiger partial charge on any atom is 0.269 e. The minimum atomic E-state index is -0.739. The van der Waals surface area contributed by atoms with Gasteiger partial charge in [0.05, 0.1) is 11.0 Å². The normalized spacial score (nSPS) is 12.1. The van der Waals surface area contributed by atoms with E-state index < -0.39 is 11.0 Å². The number of aliphatic hydroxyl groups excluding tert-OH is 1. The fraction of sp³-hybridized carbons (Fsp3) is 0.125. The first-order chi connectivity index (χ1) is 12.0. The highest BCUT2D eigenvalue weighted by Gasteiger charge is 2.13. The van der Waals surface area contributed by atoms with Crippen molar-refractivity contribution in [1.29, 1.82) is 0 Å². The summed E-state index contributed by atoms with van der Waals surface area (Å²) in [6.07, 6.45) is -0.739. The lowest BCUT2D eigenvalue weighted by Crippen LogP contribution is -2.00. The van der Waals surface area contributed by atoms with Gasteiger partial charge in [0.15, 0.2) is 4.34 Å². The summed E-state index contributed by atoms with van der Waals surface area (Å²) in [5.41, 5.74) is 1.40. The fourth-order valence-corrected chi connectivity index (χ4v) is 3.89. The minimum Gasteiger partial charge on any atom is -0.388 e. The Bertz CT molecular complexity index is 869. The summed E-state index contributed by atoms with van der Waals surface area (Å²) in [6.45, 7) is 0. The number of nitrogens with zero attached hydrogens (tertiary/aromatic N) is 3. The van der Waals surface area contributed by atoms with Crippen LogP contribution < -0.4 is 0 Å². The number of aromatic nitrogens is 2. The number of aliphatic hydroxyl groups is 1. The number of nitro benzene ring substituents is 1. The molecule has 0 aliphatic carbocycles. The van der Waals surface area contributed by atoms with E-state index in [1.807, 2.05) is 0 Å². The second kappa shape index (κ2) is 7.68. The number of hydrogen-bond donors (Lipinski definition) is 1. The Kier molecular flexibility index (Phi) is 5.37. The molecule has 0 bridgehead atoms. The molecule has 0 amide bonds. The van der Waals surface area contributed by atoms with E-state index in [0.29, 0.717) is 20.7 Å².